The van der Waals surface area contributed by atoms with E-state index in [2.05, 4.69) is 30.6 Å². The average Bonchev–Trinajstić information content (AvgIpc) is 2.58. The van der Waals surface area contributed by atoms with Crippen LogP contribution < -0.4 is 10.6 Å². The summed E-state index contributed by atoms with van der Waals surface area (Å²) in [5, 5.41) is 6.24. The molecular weight excluding hydrogens is 356 g/mol. The van der Waals surface area contributed by atoms with Gasteiger partial charge >= 0.3 is 0 Å². The van der Waals surface area contributed by atoms with Gasteiger partial charge in [-0.15, -0.1) is 0 Å². The minimum Gasteiger partial charge on any atom is -0.376 e. The summed E-state index contributed by atoms with van der Waals surface area (Å²) in [6.45, 7) is 8.46. The maximum Gasteiger partial charge on any atom is 0.146 e. The fourth-order valence-corrected chi connectivity index (χ4v) is 3.47. The number of hydrogen-bond acceptors (Lipinski definition) is 7. The molecule has 0 aromatic carbocycles. The molecule has 0 aliphatic heterocycles. The van der Waals surface area contributed by atoms with Gasteiger partial charge in [0.2, 0.25) is 0 Å². The number of ketones is 1. The predicted octanol–water partition coefficient (Wildman–Crippen LogP) is 3.12. The van der Waals surface area contributed by atoms with Crippen molar-refractivity contribution in [3.63, 3.8) is 0 Å². The van der Waals surface area contributed by atoms with Gasteiger partial charge in [0.05, 0.1) is 19.8 Å². The van der Waals surface area contributed by atoms with Crippen LogP contribution in [0.3, 0.4) is 0 Å². The zero-order valence-corrected chi connectivity index (χ0v) is 17.7. The van der Waals surface area contributed by atoms with E-state index in [-0.39, 0.29) is 5.78 Å². The van der Waals surface area contributed by atoms with E-state index in [9.17, 15) is 4.79 Å². The minimum atomic E-state index is 0.261. The fourth-order valence-electron chi connectivity index (χ4n) is 1.80. The topological polar surface area (TPSA) is 59.6 Å². The summed E-state index contributed by atoms with van der Waals surface area (Å²) >= 11 is 0. The van der Waals surface area contributed by atoms with Gasteiger partial charge in [0, 0.05) is 31.9 Å². The van der Waals surface area contributed by atoms with Crippen LogP contribution in [0, 0.1) is 5.92 Å². The third-order valence-corrected chi connectivity index (χ3v) is 5.21. The third kappa shape index (κ3) is 21.9. The molecule has 0 amide bonds. The van der Waals surface area contributed by atoms with Crippen LogP contribution in [0.1, 0.15) is 33.1 Å². The minimum absolute atomic E-state index is 0.261. The van der Waals surface area contributed by atoms with Gasteiger partial charge in [-0.2, -0.15) is 0 Å². The van der Waals surface area contributed by atoms with Crippen molar-refractivity contribution in [3.05, 3.63) is 12.2 Å². The van der Waals surface area contributed by atoms with E-state index in [4.69, 9.17) is 9.47 Å². The van der Waals surface area contributed by atoms with Crippen molar-refractivity contribution >= 4 is 27.4 Å². The molecule has 0 rings (SSSR count). The maximum absolute atomic E-state index is 11.7. The number of Topliss-reactive ketones (excluding diaryl/α,β-unsaturated/α-hetero) is 1. The SMILES string of the molecule is CNCCSSCOCCCCC(=O)CNCCOC/C=C/C(C)C. The summed E-state index contributed by atoms with van der Waals surface area (Å²) in [7, 11) is 5.52. The van der Waals surface area contributed by atoms with Crippen molar-refractivity contribution < 1.29 is 14.3 Å². The molecule has 0 atom stereocenters. The average molecular weight is 393 g/mol. The zero-order chi connectivity index (χ0) is 18.6. The van der Waals surface area contributed by atoms with Crippen LogP contribution in [0.4, 0.5) is 0 Å². The lowest BCUT2D eigenvalue weighted by atomic mass is 10.2. The van der Waals surface area contributed by atoms with Crippen LogP contribution in [0.2, 0.25) is 0 Å². The molecule has 0 aromatic rings. The Morgan fingerprint density at radius 3 is 2.72 bits per heavy atom. The Balaban J connectivity index is 3.21. The van der Waals surface area contributed by atoms with E-state index in [0.29, 0.717) is 38.6 Å². The van der Waals surface area contributed by atoms with Crippen LogP contribution in [-0.4, -0.2) is 64.0 Å². The van der Waals surface area contributed by atoms with E-state index in [1.165, 1.54) is 0 Å². The molecule has 0 bridgehead atoms. The first kappa shape index (κ1) is 24.9. The molecule has 0 unspecified atom stereocenters. The summed E-state index contributed by atoms with van der Waals surface area (Å²) < 4.78 is 11.0. The number of rotatable bonds is 19. The molecule has 0 aliphatic rings. The van der Waals surface area contributed by atoms with E-state index >= 15 is 0 Å². The quantitative estimate of drug-likeness (QED) is 0.152. The van der Waals surface area contributed by atoms with Crippen molar-refractivity contribution in [2.75, 3.05) is 58.2 Å². The van der Waals surface area contributed by atoms with Gasteiger partial charge in [-0.25, -0.2) is 0 Å². The van der Waals surface area contributed by atoms with Gasteiger partial charge in [0.25, 0.3) is 0 Å². The normalized spacial score (nSPS) is 11.7. The first-order chi connectivity index (χ1) is 12.2. The molecule has 0 heterocycles. The van der Waals surface area contributed by atoms with Crippen LogP contribution in [-0.2, 0) is 14.3 Å². The van der Waals surface area contributed by atoms with Gasteiger partial charge in [-0.05, 0) is 25.8 Å². The lowest BCUT2D eigenvalue weighted by Gasteiger charge is -2.05. The van der Waals surface area contributed by atoms with Gasteiger partial charge in [0.15, 0.2) is 0 Å². The molecule has 0 saturated heterocycles. The van der Waals surface area contributed by atoms with Crippen molar-refractivity contribution in [1.29, 1.82) is 0 Å². The summed E-state index contributed by atoms with van der Waals surface area (Å²) in [4.78, 5) is 11.7. The number of allylic oxidation sites excluding steroid dienone is 1. The zero-order valence-electron chi connectivity index (χ0n) is 16.1. The molecule has 0 spiro atoms. The smallest absolute Gasteiger partial charge is 0.146 e. The highest BCUT2D eigenvalue weighted by atomic mass is 33.1. The van der Waals surface area contributed by atoms with Crippen molar-refractivity contribution in [2.24, 2.45) is 5.92 Å². The lowest BCUT2D eigenvalue weighted by Crippen LogP contribution is -2.26. The number of unbranched alkanes of at least 4 members (excludes halogenated alkanes) is 1. The second kappa shape index (κ2) is 20.3. The molecule has 25 heavy (non-hydrogen) atoms. The number of carbonyl (C=O) groups is 1. The van der Waals surface area contributed by atoms with Gasteiger partial charge in [-0.1, -0.05) is 47.6 Å². The highest BCUT2D eigenvalue weighted by molar-refractivity contribution is 8.76. The lowest BCUT2D eigenvalue weighted by molar-refractivity contribution is -0.118. The largest absolute Gasteiger partial charge is 0.376 e. The van der Waals surface area contributed by atoms with Crippen LogP contribution in [0.5, 0.6) is 0 Å². The van der Waals surface area contributed by atoms with E-state index < -0.39 is 0 Å². The first-order valence-electron chi connectivity index (χ1n) is 9.10. The van der Waals surface area contributed by atoms with E-state index in [1.54, 1.807) is 10.8 Å². The second-order valence-electron chi connectivity index (χ2n) is 5.99. The second-order valence-corrected chi connectivity index (χ2v) is 8.52. The van der Waals surface area contributed by atoms with Crippen LogP contribution >= 0.6 is 21.6 Å². The van der Waals surface area contributed by atoms with Crippen LogP contribution in [0.15, 0.2) is 12.2 Å². The molecule has 0 aromatic heterocycles. The highest BCUT2D eigenvalue weighted by Crippen LogP contribution is 2.20. The van der Waals surface area contributed by atoms with Gasteiger partial charge in [-0.3, -0.25) is 4.79 Å². The summed E-state index contributed by atoms with van der Waals surface area (Å²) in [5.74, 6) is 2.63. The molecular formula is C18H36N2O3S2. The Labute approximate surface area is 161 Å². The highest BCUT2D eigenvalue weighted by Gasteiger charge is 2.01. The standard InChI is InChI=1S/C18H36N2O3S2/c1-17(2)7-6-12-22-13-9-20-15-18(21)8-4-5-11-23-16-25-24-14-10-19-3/h6-7,17,19-20H,4-5,8-16H2,1-3H3/b7-6+. The number of nitrogens with one attached hydrogen (secondary N) is 2. The van der Waals surface area contributed by atoms with Crippen molar-refractivity contribution in [3.8, 4) is 0 Å². The number of ether oxygens (including phenoxy) is 2. The maximum atomic E-state index is 11.7. The molecule has 5 nitrogen and oxygen atoms in total. The Hall–Kier alpha value is -0.0500. The van der Waals surface area contributed by atoms with E-state index in [0.717, 1.165) is 37.7 Å². The monoisotopic (exact) mass is 392 g/mol. The van der Waals surface area contributed by atoms with Gasteiger partial charge in [0.1, 0.15) is 11.7 Å². The molecule has 0 radical (unpaired) electrons. The fraction of sp³-hybridized carbons (Fsp3) is 0.833. The number of hydrogen-bond donors (Lipinski definition) is 2. The Bertz CT molecular complexity index is 329. The van der Waals surface area contributed by atoms with Crippen molar-refractivity contribution in [1.82, 2.24) is 10.6 Å². The Morgan fingerprint density at radius 2 is 1.96 bits per heavy atom. The number of carbonyl (C=O) groups excluding carboxylic acids is 1. The Kier molecular flexibility index (Phi) is 20.2. The molecule has 7 heteroatoms. The summed E-state index contributed by atoms with van der Waals surface area (Å²) in [6.07, 6.45) is 6.63. The molecule has 2 N–H and O–H groups in total. The predicted molar refractivity (Wildman–Crippen MR) is 111 cm³/mol. The molecule has 0 aliphatic carbocycles. The third-order valence-electron chi connectivity index (χ3n) is 3.12. The first-order valence-corrected chi connectivity index (χ1v) is 11.6. The molecule has 148 valence electrons. The molecule has 0 saturated carbocycles. The Morgan fingerprint density at radius 1 is 1.12 bits per heavy atom. The van der Waals surface area contributed by atoms with Crippen molar-refractivity contribution in [2.45, 2.75) is 33.1 Å². The van der Waals surface area contributed by atoms with Gasteiger partial charge < -0.3 is 20.1 Å². The summed E-state index contributed by atoms with van der Waals surface area (Å²) in [5.41, 5.74) is 0. The van der Waals surface area contributed by atoms with Crippen LogP contribution in [0.25, 0.3) is 0 Å². The van der Waals surface area contributed by atoms with E-state index in [1.807, 2.05) is 23.9 Å². The molecule has 0 fully saturated rings. The summed E-state index contributed by atoms with van der Waals surface area (Å²) in [6, 6.07) is 0.